The summed E-state index contributed by atoms with van der Waals surface area (Å²) >= 11 is 0. The molecule has 1 fully saturated rings. The van der Waals surface area contributed by atoms with E-state index in [0.29, 0.717) is 13.2 Å². The number of benzene rings is 2. The van der Waals surface area contributed by atoms with Crippen LogP contribution in [0.2, 0.25) is 0 Å². The largest absolute Gasteiger partial charge is 0.372 e. The van der Waals surface area contributed by atoms with E-state index in [2.05, 4.69) is 16.9 Å². The van der Waals surface area contributed by atoms with E-state index < -0.39 is 6.04 Å². The first kappa shape index (κ1) is 20.4. The Morgan fingerprint density at radius 2 is 1.46 bits per heavy atom. The van der Waals surface area contributed by atoms with Crippen molar-refractivity contribution in [3.8, 4) is 0 Å². The molecule has 3 rings (SSSR count). The Kier molecular flexibility index (Phi) is 7.46. The summed E-state index contributed by atoms with van der Waals surface area (Å²) in [5, 5.41) is 3.98. The van der Waals surface area contributed by atoms with Gasteiger partial charge in [0.1, 0.15) is 6.10 Å². The molecule has 0 spiro atoms. The van der Waals surface area contributed by atoms with Crippen molar-refractivity contribution in [2.45, 2.75) is 63.9 Å². The summed E-state index contributed by atoms with van der Waals surface area (Å²) in [6.07, 6.45) is -0.269. The van der Waals surface area contributed by atoms with Crippen LogP contribution in [-0.2, 0) is 27.4 Å². The van der Waals surface area contributed by atoms with E-state index in [-0.39, 0.29) is 24.4 Å². The molecule has 1 aliphatic heterocycles. The van der Waals surface area contributed by atoms with E-state index in [1.54, 1.807) is 0 Å². The van der Waals surface area contributed by atoms with Gasteiger partial charge in [-0.25, -0.2) is 0 Å². The molecule has 0 aliphatic carbocycles. The fourth-order valence-electron chi connectivity index (χ4n) is 3.58. The molecule has 6 heteroatoms. The zero-order valence-electron chi connectivity index (χ0n) is 16.3. The summed E-state index contributed by atoms with van der Waals surface area (Å²) in [4.78, 5) is 3.03. The van der Waals surface area contributed by atoms with Crippen molar-refractivity contribution in [1.29, 1.82) is 0 Å². The second-order valence-corrected chi connectivity index (χ2v) is 7.01. The quantitative estimate of drug-likeness (QED) is 0.365. The van der Waals surface area contributed by atoms with Crippen molar-refractivity contribution in [3.63, 3.8) is 0 Å². The maximum atomic E-state index is 9.06. The van der Waals surface area contributed by atoms with Gasteiger partial charge >= 0.3 is 0 Å². The molecule has 0 N–H and O–H groups in total. The molecule has 148 valence electrons. The molecule has 2 unspecified atom stereocenters. The van der Waals surface area contributed by atoms with Gasteiger partial charge in [0.2, 0.25) is 0 Å². The highest BCUT2D eigenvalue weighted by Crippen LogP contribution is 2.31. The van der Waals surface area contributed by atoms with Gasteiger partial charge in [-0.05, 0) is 30.0 Å². The van der Waals surface area contributed by atoms with E-state index in [0.717, 1.165) is 17.5 Å². The van der Waals surface area contributed by atoms with Crippen molar-refractivity contribution in [3.05, 3.63) is 82.2 Å². The molecule has 2 aromatic rings. The van der Waals surface area contributed by atoms with Crippen LogP contribution in [-0.4, -0.2) is 30.5 Å². The lowest BCUT2D eigenvalue weighted by molar-refractivity contribution is -0.212. The lowest BCUT2D eigenvalue weighted by atomic mass is 9.92. The Bertz CT molecular complexity index is 765. The Morgan fingerprint density at radius 1 is 0.929 bits per heavy atom. The van der Waals surface area contributed by atoms with Crippen LogP contribution in [0.1, 0.15) is 31.4 Å². The highest BCUT2D eigenvalue weighted by molar-refractivity contribution is 5.14. The Labute approximate surface area is 166 Å². The molecular weight excluding hydrogens is 354 g/mol. The van der Waals surface area contributed by atoms with Crippen LogP contribution in [0.15, 0.2) is 65.8 Å². The van der Waals surface area contributed by atoms with E-state index in [4.69, 9.17) is 19.7 Å². The molecule has 0 bridgehead atoms. The van der Waals surface area contributed by atoms with Gasteiger partial charge in [-0.1, -0.05) is 72.7 Å². The molecule has 0 saturated carbocycles. The van der Waals surface area contributed by atoms with Crippen molar-refractivity contribution in [2.75, 3.05) is 0 Å². The number of azide groups is 1. The number of hydrogen-bond donors (Lipinski definition) is 0. The lowest BCUT2D eigenvalue weighted by Gasteiger charge is -2.44. The van der Waals surface area contributed by atoms with Crippen LogP contribution in [0.5, 0.6) is 0 Å². The minimum absolute atomic E-state index is 0.121. The summed E-state index contributed by atoms with van der Waals surface area (Å²) in [6, 6.07) is 19.5. The van der Waals surface area contributed by atoms with E-state index in [1.807, 2.05) is 67.6 Å². The third-order valence-corrected chi connectivity index (χ3v) is 5.06. The second-order valence-electron chi connectivity index (χ2n) is 7.01. The number of ether oxygens (including phenoxy) is 3. The van der Waals surface area contributed by atoms with E-state index >= 15 is 0 Å². The van der Waals surface area contributed by atoms with Crippen LogP contribution in [0.25, 0.3) is 10.4 Å². The molecule has 1 saturated heterocycles. The highest BCUT2D eigenvalue weighted by atomic mass is 16.6. The third-order valence-electron chi connectivity index (χ3n) is 5.06. The normalized spacial score (nSPS) is 27.1. The Morgan fingerprint density at radius 3 is 1.96 bits per heavy atom. The fraction of sp³-hybridized carbons (Fsp3) is 0.455. The van der Waals surface area contributed by atoms with Crippen molar-refractivity contribution >= 4 is 0 Å². The van der Waals surface area contributed by atoms with Gasteiger partial charge in [0.25, 0.3) is 0 Å². The lowest BCUT2D eigenvalue weighted by Crippen LogP contribution is -2.57. The topological polar surface area (TPSA) is 76.5 Å². The van der Waals surface area contributed by atoms with Crippen molar-refractivity contribution < 1.29 is 14.2 Å². The first-order valence-corrected chi connectivity index (χ1v) is 9.73. The smallest absolute Gasteiger partial charge is 0.111 e. The van der Waals surface area contributed by atoms with Gasteiger partial charge in [-0.2, -0.15) is 0 Å². The van der Waals surface area contributed by atoms with Crippen LogP contribution in [0.4, 0.5) is 0 Å². The Hall–Kier alpha value is -2.37. The highest BCUT2D eigenvalue weighted by Gasteiger charge is 2.44. The number of hydrogen-bond acceptors (Lipinski definition) is 4. The number of rotatable bonds is 8. The molecule has 2 aromatic carbocycles. The minimum Gasteiger partial charge on any atom is -0.372 e. The minimum atomic E-state index is -0.447. The molecule has 5 atom stereocenters. The van der Waals surface area contributed by atoms with Gasteiger partial charge in [0.05, 0.1) is 37.6 Å². The van der Waals surface area contributed by atoms with Crippen LogP contribution >= 0.6 is 0 Å². The van der Waals surface area contributed by atoms with Gasteiger partial charge < -0.3 is 14.2 Å². The van der Waals surface area contributed by atoms with Crippen LogP contribution in [0.3, 0.4) is 0 Å². The monoisotopic (exact) mass is 381 g/mol. The average molecular weight is 381 g/mol. The van der Waals surface area contributed by atoms with Crippen LogP contribution in [0, 0.1) is 0 Å². The van der Waals surface area contributed by atoms with Gasteiger partial charge in [-0.3, -0.25) is 0 Å². The van der Waals surface area contributed by atoms with Gasteiger partial charge in [0, 0.05) is 4.91 Å². The Balaban J connectivity index is 1.79. The fourth-order valence-corrected chi connectivity index (χ4v) is 3.58. The SMILES string of the molecule is CCC1O[C@H](C)C(N=[N+]=[N-])[C@@H](OCc2ccccc2)[C@@H]1OCc1ccccc1. The summed E-state index contributed by atoms with van der Waals surface area (Å²) in [5.74, 6) is 0. The standard InChI is InChI=1S/C22H27N3O3/c1-3-19-21(26-14-17-10-6-4-7-11-17)22(20(24-25-23)16(2)28-19)27-15-18-12-8-5-9-13-18/h4-13,16,19-22H,3,14-15H2,1-2H3/t16-,19?,20?,21-,22-/m1/s1. The van der Waals surface area contributed by atoms with Gasteiger partial charge in [0.15, 0.2) is 0 Å². The molecule has 6 nitrogen and oxygen atoms in total. The third kappa shape index (κ3) is 5.12. The predicted octanol–water partition coefficient (Wildman–Crippen LogP) is 5.03. The number of nitrogens with zero attached hydrogens (tertiary/aromatic N) is 3. The molecule has 0 amide bonds. The zero-order chi connectivity index (χ0) is 19.8. The summed E-state index contributed by atoms with van der Waals surface area (Å²) in [6.45, 7) is 4.87. The molecule has 0 aromatic heterocycles. The molecular formula is C22H27N3O3. The molecule has 28 heavy (non-hydrogen) atoms. The summed E-state index contributed by atoms with van der Waals surface area (Å²) in [7, 11) is 0. The molecule has 0 radical (unpaired) electrons. The maximum absolute atomic E-state index is 9.06. The predicted molar refractivity (Wildman–Crippen MR) is 108 cm³/mol. The zero-order valence-corrected chi connectivity index (χ0v) is 16.3. The first-order chi connectivity index (χ1) is 13.7. The second kappa shape index (κ2) is 10.2. The van der Waals surface area contributed by atoms with E-state index in [9.17, 15) is 0 Å². The summed E-state index contributed by atoms with van der Waals surface area (Å²) < 4.78 is 18.6. The van der Waals surface area contributed by atoms with Crippen LogP contribution < -0.4 is 0 Å². The summed E-state index contributed by atoms with van der Waals surface area (Å²) in [5.41, 5.74) is 11.2. The van der Waals surface area contributed by atoms with E-state index in [1.165, 1.54) is 0 Å². The van der Waals surface area contributed by atoms with Gasteiger partial charge in [-0.15, -0.1) is 0 Å². The average Bonchev–Trinajstić information content (AvgIpc) is 2.74. The maximum Gasteiger partial charge on any atom is 0.111 e. The molecule has 1 heterocycles. The molecule has 1 aliphatic rings. The van der Waals surface area contributed by atoms with Crippen molar-refractivity contribution in [1.82, 2.24) is 0 Å². The van der Waals surface area contributed by atoms with Crippen molar-refractivity contribution in [2.24, 2.45) is 5.11 Å². The first-order valence-electron chi connectivity index (χ1n) is 9.73.